The molecule has 0 aliphatic carbocycles. The highest BCUT2D eigenvalue weighted by Crippen LogP contribution is 2.23. The molecule has 0 N–H and O–H groups in total. The van der Waals surface area contributed by atoms with E-state index in [1.54, 1.807) is 18.4 Å². The van der Waals surface area contributed by atoms with Crippen LogP contribution in [-0.2, 0) is 6.42 Å². The Morgan fingerprint density at radius 3 is 2.81 bits per heavy atom. The summed E-state index contributed by atoms with van der Waals surface area (Å²) in [7, 11) is 1.71. The summed E-state index contributed by atoms with van der Waals surface area (Å²) >= 11 is 1.63. The molecule has 0 unspecified atom stereocenters. The molecule has 0 atom stereocenters. The normalized spacial score (nSPS) is 15.2. The summed E-state index contributed by atoms with van der Waals surface area (Å²) in [4.78, 5) is 10.5. The zero-order valence-electron chi connectivity index (χ0n) is 15.5. The van der Waals surface area contributed by atoms with Crippen molar-refractivity contribution < 1.29 is 9.26 Å². The smallest absolute Gasteiger partial charge is 0.227 e. The highest BCUT2D eigenvalue weighted by atomic mass is 32.1. The van der Waals surface area contributed by atoms with Gasteiger partial charge in [-0.1, -0.05) is 17.3 Å². The average molecular weight is 385 g/mol. The topological polar surface area (TPSA) is 54.6 Å². The van der Waals surface area contributed by atoms with Crippen molar-refractivity contribution in [2.75, 3.05) is 44.7 Å². The van der Waals surface area contributed by atoms with Crippen LogP contribution in [0.1, 0.15) is 12.3 Å². The lowest BCUT2D eigenvalue weighted by Crippen LogP contribution is -2.46. The second-order valence-corrected chi connectivity index (χ2v) is 7.57. The molecule has 0 spiro atoms. The largest absolute Gasteiger partial charge is 0.497 e. The van der Waals surface area contributed by atoms with Crippen molar-refractivity contribution in [1.82, 2.24) is 15.0 Å². The van der Waals surface area contributed by atoms with E-state index in [0.717, 1.165) is 62.1 Å². The summed E-state index contributed by atoms with van der Waals surface area (Å²) in [5.41, 5.74) is 1.24. The van der Waals surface area contributed by atoms with Gasteiger partial charge in [-0.2, -0.15) is 4.98 Å². The van der Waals surface area contributed by atoms with Gasteiger partial charge in [0.2, 0.25) is 11.7 Å². The molecule has 0 radical (unpaired) electrons. The maximum Gasteiger partial charge on any atom is 0.227 e. The van der Waals surface area contributed by atoms with E-state index < -0.39 is 0 Å². The van der Waals surface area contributed by atoms with Gasteiger partial charge in [0.25, 0.3) is 0 Å². The van der Waals surface area contributed by atoms with Crippen LogP contribution in [0.15, 0.2) is 46.3 Å². The molecule has 27 heavy (non-hydrogen) atoms. The maximum atomic E-state index is 5.38. The third-order valence-corrected chi connectivity index (χ3v) is 5.73. The first-order valence-electron chi connectivity index (χ1n) is 9.29. The number of aromatic nitrogens is 2. The summed E-state index contributed by atoms with van der Waals surface area (Å²) in [5, 5.41) is 6.10. The van der Waals surface area contributed by atoms with Gasteiger partial charge in [-0.05, 0) is 36.5 Å². The van der Waals surface area contributed by atoms with Gasteiger partial charge in [0, 0.05) is 44.4 Å². The molecule has 3 heterocycles. The number of thiophene rings is 1. The van der Waals surface area contributed by atoms with Gasteiger partial charge in [-0.3, -0.25) is 4.90 Å². The average Bonchev–Trinajstić information content (AvgIpc) is 3.40. The molecule has 0 bridgehead atoms. The Labute approximate surface area is 163 Å². The Balaban J connectivity index is 1.22. The third kappa shape index (κ3) is 4.48. The zero-order chi connectivity index (χ0) is 18.5. The van der Waals surface area contributed by atoms with Gasteiger partial charge in [0.05, 0.1) is 12.0 Å². The Morgan fingerprint density at radius 2 is 2.04 bits per heavy atom. The minimum Gasteiger partial charge on any atom is -0.497 e. The molecular formula is C20H24N4O2S. The lowest BCUT2D eigenvalue weighted by atomic mass is 10.2. The van der Waals surface area contributed by atoms with Crippen LogP contribution in [0.25, 0.3) is 10.7 Å². The molecule has 1 fully saturated rings. The number of nitrogens with zero attached hydrogens (tertiary/aromatic N) is 4. The Hall–Kier alpha value is -2.38. The molecule has 7 heteroatoms. The molecule has 4 rings (SSSR count). The van der Waals surface area contributed by atoms with Gasteiger partial charge in [-0.15, -0.1) is 11.3 Å². The number of methoxy groups -OCH3 is 1. The fourth-order valence-electron chi connectivity index (χ4n) is 3.35. The lowest BCUT2D eigenvalue weighted by molar-refractivity contribution is 0.251. The number of anilines is 1. The number of benzene rings is 1. The van der Waals surface area contributed by atoms with Crippen LogP contribution < -0.4 is 9.64 Å². The highest BCUT2D eigenvalue weighted by molar-refractivity contribution is 7.13. The second kappa shape index (κ2) is 8.54. The van der Waals surface area contributed by atoms with E-state index in [1.807, 2.05) is 23.6 Å². The van der Waals surface area contributed by atoms with Crippen LogP contribution in [0.5, 0.6) is 5.75 Å². The summed E-state index contributed by atoms with van der Waals surface area (Å²) in [6.45, 7) is 5.28. The molecule has 142 valence electrons. The molecule has 2 aromatic heterocycles. The first kappa shape index (κ1) is 18.0. The predicted molar refractivity (Wildman–Crippen MR) is 108 cm³/mol. The van der Waals surface area contributed by atoms with Gasteiger partial charge in [-0.25, -0.2) is 0 Å². The van der Waals surface area contributed by atoms with Gasteiger partial charge in [0.15, 0.2) is 0 Å². The van der Waals surface area contributed by atoms with Crippen molar-refractivity contribution in [1.29, 1.82) is 0 Å². The van der Waals surface area contributed by atoms with E-state index in [-0.39, 0.29) is 0 Å². The van der Waals surface area contributed by atoms with E-state index in [2.05, 4.69) is 38.1 Å². The number of hydrogen-bond acceptors (Lipinski definition) is 7. The minimum absolute atomic E-state index is 0.701. The predicted octanol–water partition coefficient (Wildman–Crippen LogP) is 3.56. The molecule has 6 nitrogen and oxygen atoms in total. The number of rotatable bonds is 7. The van der Waals surface area contributed by atoms with Crippen molar-refractivity contribution in [3.8, 4) is 16.5 Å². The second-order valence-electron chi connectivity index (χ2n) is 6.62. The van der Waals surface area contributed by atoms with E-state index in [0.29, 0.717) is 5.82 Å². The van der Waals surface area contributed by atoms with Crippen LogP contribution in [-0.4, -0.2) is 54.9 Å². The zero-order valence-corrected chi connectivity index (χ0v) is 16.3. The maximum absolute atomic E-state index is 5.38. The van der Waals surface area contributed by atoms with Crippen molar-refractivity contribution in [2.45, 2.75) is 12.8 Å². The van der Waals surface area contributed by atoms with Crippen LogP contribution in [0, 0.1) is 0 Å². The molecule has 1 aliphatic heterocycles. The molecule has 0 amide bonds. The number of aryl methyl sites for hydroxylation is 1. The van der Waals surface area contributed by atoms with E-state index >= 15 is 0 Å². The molecular weight excluding hydrogens is 360 g/mol. The Bertz CT molecular complexity index is 841. The van der Waals surface area contributed by atoms with Gasteiger partial charge >= 0.3 is 0 Å². The molecule has 0 saturated carbocycles. The summed E-state index contributed by atoms with van der Waals surface area (Å²) in [6, 6.07) is 12.3. The molecule has 1 aliphatic rings. The minimum atomic E-state index is 0.701. The van der Waals surface area contributed by atoms with Crippen LogP contribution in [0.3, 0.4) is 0 Å². The van der Waals surface area contributed by atoms with Crippen molar-refractivity contribution in [3.63, 3.8) is 0 Å². The van der Waals surface area contributed by atoms with Crippen LogP contribution >= 0.6 is 11.3 Å². The van der Waals surface area contributed by atoms with E-state index in [4.69, 9.17) is 9.26 Å². The molecule has 1 saturated heterocycles. The fourth-order valence-corrected chi connectivity index (χ4v) is 4.00. The van der Waals surface area contributed by atoms with Crippen molar-refractivity contribution in [2.24, 2.45) is 0 Å². The number of piperazine rings is 1. The van der Waals surface area contributed by atoms with Gasteiger partial charge in [0.1, 0.15) is 5.75 Å². The molecule has 3 aromatic rings. The van der Waals surface area contributed by atoms with Crippen molar-refractivity contribution >= 4 is 17.0 Å². The Morgan fingerprint density at radius 1 is 1.15 bits per heavy atom. The highest BCUT2D eigenvalue weighted by Gasteiger charge is 2.17. The summed E-state index contributed by atoms with van der Waals surface area (Å²) in [5.74, 6) is 2.34. The van der Waals surface area contributed by atoms with E-state index in [9.17, 15) is 0 Å². The summed E-state index contributed by atoms with van der Waals surface area (Å²) < 4.78 is 10.7. The number of ether oxygens (including phenoxy) is 1. The standard InChI is InChI=1S/C20H24N4O2S/c1-25-17-6-2-5-16(15-17)24-12-10-23(11-13-24)9-3-8-19-21-20(22-26-19)18-7-4-14-27-18/h2,4-7,14-15H,3,8-13H2,1H3. The van der Waals surface area contributed by atoms with Crippen molar-refractivity contribution in [3.05, 3.63) is 47.7 Å². The quantitative estimate of drug-likeness (QED) is 0.621. The fraction of sp³-hybridized carbons (Fsp3) is 0.400. The van der Waals surface area contributed by atoms with Crippen LogP contribution in [0.2, 0.25) is 0 Å². The van der Waals surface area contributed by atoms with E-state index in [1.165, 1.54) is 5.69 Å². The van der Waals surface area contributed by atoms with Gasteiger partial charge < -0.3 is 14.2 Å². The lowest BCUT2D eigenvalue weighted by Gasteiger charge is -2.36. The molecule has 1 aromatic carbocycles. The van der Waals surface area contributed by atoms with Crippen LogP contribution in [0.4, 0.5) is 5.69 Å². The number of hydrogen-bond donors (Lipinski definition) is 0. The third-order valence-electron chi connectivity index (χ3n) is 4.87. The monoisotopic (exact) mass is 384 g/mol. The first-order valence-corrected chi connectivity index (χ1v) is 10.2. The SMILES string of the molecule is COc1cccc(N2CCN(CCCc3nc(-c4cccs4)no3)CC2)c1. The first-order chi connectivity index (χ1) is 13.3. The Kier molecular flexibility index (Phi) is 5.69. The summed E-state index contributed by atoms with van der Waals surface area (Å²) in [6.07, 6.45) is 1.86.